The molecule has 0 N–H and O–H groups in total. The first-order valence-electron chi connectivity index (χ1n) is 9.12. The minimum absolute atomic E-state index is 0.107. The zero-order valence-electron chi connectivity index (χ0n) is 16.1. The molecule has 4 aliphatic carbocycles. The molecule has 3 nitrogen and oxygen atoms in total. The molecule has 0 saturated heterocycles. The summed E-state index contributed by atoms with van der Waals surface area (Å²) in [6, 6.07) is 11.8. The average Bonchev–Trinajstić information content (AvgIpc) is 2.55. The molecule has 0 amide bonds. The lowest BCUT2D eigenvalue weighted by Gasteiger charge is -2.27. The topological polar surface area (TPSA) is 43.4 Å². The monoisotopic (exact) mass is 428 g/mol. The highest BCUT2D eigenvalue weighted by Crippen LogP contribution is 2.32. The van der Waals surface area contributed by atoms with Gasteiger partial charge in [-0.2, -0.15) is 21.6 Å². The third-order valence-electron chi connectivity index (χ3n) is 4.94. The van der Waals surface area contributed by atoms with Gasteiger partial charge in [0.15, 0.2) is 0 Å². The number of alkyl halides is 3. The average molecular weight is 429 g/mol. The first-order chi connectivity index (χ1) is 12.9. The van der Waals surface area contributed by atoms with Crippen LogP contribution in [0.25, 0.3) is 0 Å². The molecule has 8 heteroatoms. The summed E-state index contributed by atoms with van der Waals surface area (Å²) in [7, 11) is -7.95. The zero-order valence-corrected chi connectivity index (χ0v) is 17.9. The first-order valence-corrected chi connectivity index (χ1v) is 14.0. The number of aryl methyl sites for hydroxylation is 4. The molecule has 2 aromatic carbocycles. The van der Waals surface area contributed by atoms with Gasteiger partial charge in [-0.15, -0.1) is 0 Å². The summed E-state index contributed by atoms with van der Waals surface area (Å²) in [5, 5.41) is 0.660. The highest BCUT2D eigenvalue weighted by atomic mass is 32.2. The molecule has 0 spiro atoms. The molecule has 0 aliphatic heterocycles. The van der Waals surface area contributed by atoms with Crippen LogP contribution < -0.4 is 9.37 Å². The molecule has 0 heterocycles. The van der Waals surface area contributed by atoms with Gasteiger partial charge in [0.05, 0.1) is 8.07 Å². The van der Waals surface area contributed by atoms with Crippen LogP contribution in [0.4, 0.5) is 13.2 Å². The maximum Gasteiger partial charge on any atom is 0.534 e. The van der Waals surface area contributed by atoms with Crippen molar-refractivity contribution in [1.82, 2.24) is 0 Å². The molecule has 2 aromatic rings. The second kappa shape index (κ2) is 7.22. The Bertz CT molecular complexity index is 975. The number of halogens is 3. The maximum atomic E-state index is 13.0. The van der Waals surface area contributed by atoms with E-state index in [0.29, 0.717) is 30.0 Å². The molecule has 152 valence electrons. The number of hydrogen-bond acceptors (Lipinski definition) is 3. The second-order valence-corrected chi connectivity index (χ2v) is 14.7. The molecular weight excluding hydrogens is 405 g/mol. The smallest absolute Gasteiger partial charge is 0.376 e. The van der Waals surface area contributed by atoms with Gasteiger partial charge in [-0.1, -0.05) is 56.0 Å². The zero-order chi connectivity index (χ0) is 20.7. The Labute approximate surface area is 164 Å². The molecule has 4 aliphatic rings. The van der Waals surface area contributed by atoms with E-state index in [2.05, 4.69) is 12.1 Å². The van der Waals surface area contributed by atoms with Crippen molar-refractivity contribution in [3.05, 3.63) is 58.7 Å². The molecule has 0 atom stereocenters. The lowest BCUT2D eigenvalue weighted by Crippen LogP contribution is -2.43. The molecule has 0 saturated carbocycles. The van der Waals surface area contributed by atoms with Crippen LogP contribution in [-0.2, 0) is 35.8 Å². The third kappa shape index (κ3) is 4.27. The van der Waals surface area contributed by atoms with Crippen LogP contribution in [-0.4, -0.2) is 22.0 Å². The van der Waals surface area contributed by atoms with Crippen molar-refractivity contribution < 1.29 is 25.8 Å². The molecule has 4 bridgehead atoms. The van der Waals surface area contributed by atoms with Crippen LogP contribution in [0.1, 0.15) is 22.3 Å². The Hall–Kier alpha value is -1.80. The standard InChI is InChI=1S/C20H23F3O3SSi/c1-28(2,3)19-17-11-9-15-6-4-14(5-7-15)8-10-16(12-13-17)18(19)26-27(24,25)20(21,22)23/h4-7,12-13H,8-11H2,1-3H3. The van der Waals surface area contributed by atoms with Gasteiger partial charge in [0.2, 0.25) is 0 Å². The van der Waals surface area contributed by atoms with Gasteiger partial charge in [-0.25, -0.2) is 0 Å². The summed E-state index contributed by atoms with van der Waals surface area (Å²) in [6.07, 6.45) is 2.33. The molecule has 6 rings (SSSR count). The van der Waals surface area contributed by atoms with Gasteiger partial charge in [0.1, 0.15) is 5.75 Å². The quantitative estimate of drug-likeness (QED) is 0.415. The summed E-state index contributed by atoms with van der Waals surface area (Å²) in [5.41, 5.74) is -1.91. The van der Waals surface area contributed by atoms with Crippen LogP contribution in [0.3, 0.4) is 0 Å². The van der Waals surface area contributed by atoms with E-state index in [4.69, 9.17) is 4.18 Å². The maximum absolute atomic E-state index is 13.0. The summed E-state index contributed by atoms with van der Waals surface area (Å²) in [6.45, 7) is 5.97. The predicted molar refractivity (Wildman–Crippen MR) is 106 cm³/mol. The van der Waals surface area contributed by atoms with Gasteiger partial charge in [-0.05, 0) is 53.1 Å². The molecule has 28 heavy (non-hydrogen) atoms. The largest absolute Gasteiger partial charge is 0.534 e. The van der Waals surface area contributed by atoms with Crippen molar-refractivity contribution in [2.45, 2.75) is 50.8 Å². The Kier molecular flexibility index (Phi) is 5.40. The van der Waals surface area contributed by atoms with Crippen molar-refractivity contribution >= 4 is 23.4 Å². The SMILES string of the molecule is C[Si](C)(C)c1c2ccc(c1OS(=O)(=O)C(F)(F)F)CCc1ccc(cc1)CC2. The Morgan fingerprint density at radius 2 is 1.29 bits per heavy atom. The van der Waals surface area contributed by atoms with Crippen LogP contribution in [0.15, 0.2) is 36.4 Å². The van der Waals surface area contributed by atoms with Gasteiger partial charge >= 0.3 is 15.6 Å². The summed E-state index contributed by atoms with van der Waals surface area (Å²) in [4.78, 5) is 0. The lowest BCUT2D eigenvalue weighted by atomic mass is 9.96. The molecule has 0 unspecified atom stereocenters. The predicted octanol–water partition coefficient (Wildman–Crippen LogP) is 4.34. The van der Waals surface area contributed by atoms with E-state index in [1.807, 2.05) is 37.8 Å². The van der Waals surface area contributed by atoms with Crippen molar-refractivity contribution in [3.63, 3.8) is 0 Å². The normalized spacial score (nSPS) is 15.2. The van der Waals surface area contributed by atoms with E-state index in [1.165, 1.54) is 0 Å². The minimum Gasteiger partial charge on any atom is -0.376 e. The van der Waals surface area contributed by atoms with Crippen LogP contribution >= 0.6 is 0 Å². The van der Waals surface area contributed by atoms with Gasteiger partial charge in [0, 0.05) is 0 Å². The Morgan fingerprint density at radius 1 is 0.821 bits per heavy atom. The van der Waals surface area contributed by atoms with Crippen LogP contribution in [0.2, 0.25) is 19.6 Å². The fraction of sp³-hybridized carbons (Fsp3) is 0.400. The van der Waals surface area contributed by atoms with E-state index in [0.717, 1.165) is 23.1 Å². The van der Waals surface area contributed by atoms with Crippen molar-refractivity contribution in [3.8, 4) is 5.75 Å². The summed E-state index contributed by atoms with van der Waals surface area (Å²) in [5.74, 6) is -0.107. The molecule has 0 radical (unpaired) electrons. The second-order valence-electron chi connectivity index (χ2n) is 8.14. The molecular formula is C20H23F3O3SSi. The van der Waals surface area contributed by atoms with Gasteiger partial charge in [-0.3, -0.25) is 0 Å². The number of rotatable bonds is 3. The number of benzene rings is 2. The van der Waals surface area contributed by atoms with Crippen molar-refractivity contribution in [2.75, 3.05) is 0 Å². The fourth-order valence-electron chi connectivity index (χ4n) is 3.58. The third-order valence-corrected chi connectivity index (χ3v) is 7.94. The number of hydrogen-bond donors (Lipinski definition) is 0. The van der Waals surface area contributed by atoms with E-state index < -0.39 is 23.7 Å². The first kappa shape index (κ1) is 20.9. The summed E-state index contributed by atoms with van der Waals surface area (Å²) >= 11 is 0. The highest BCUT2D eigenvalue weighted by molar-refractivity contribution is 7.88. The summed E-state index contributed by atoms with van der Waals surface area (Å²) < 4.78 is 67.6. The van der Waals surface area contributed by atoms with Crippen LogP contribution in [0, 0.1) is 0 Å². The van der Waals surface area contributed by atoms with E-state index in [-0.39, 0.29) is 5.75 Å². The van der Waals surface area contributed by atoms with E-state index in [9.17, 15) is 21.6 Å². The van der Waals surface area contributed by atoms with Crippen molar-refractivity contribution in [2.24, 2.45) is 0 Å². The van der Waals surface area contributed by atoms with Crippen LogP contribution in [0.5, 0.6) is 5.75 Å². The minimum atomic E-state index is -5.73. The van der Waals surface area contributed by atoms with Gasteiger partial charge in [0.25, 0.3) is 0 Å². The lowest BCUT2D eigenvalue weighted by molar-refractivity contribution is -0.0500. The Balaban J connectivity index is 2.19. The Morgan fingerprint density at radius 3 is 1.75 bits per heavy atom. The van der Waals surface area contributed by atoms with Crippen molar-refractivity contribution in [1.29, 1.82) is 0 Å². The van der Waals surface area contributed by atoms with E-state index in [1.54, 1.807) is 6.07 Å². The molecule has 0 fully saturated rings. The van der Waals surface area contributed by atoms with E-state index >= 15 is 0 Å². The molecule has 0 aromatic heterocycles. The highest BCUT2D eigenvalue weighted by Gasteiger charge is 2.49. The fourth-order valence-corrected chi connectivity index (χ4v) is 6.22. The van der Waals surface area contributed by atoms with Gasteiger partial charge < -0.3 is 4.18 Å².